The van der Waals surface area contributed by atoms with Crippen LogP contribution < -0.4 is 16.5 Å². The Balaban J connectivity index is 2.12. The highest BCUT2D eigenvalue weighted by Crippen LogP contribution is 2.19. The number of fused-ring (bicyclic) bond motifs is 1. The van der Waals surface area contributed by atoms with Gasteiger partial charge in [-0.15, -0.1) is 0 Å². The molecule has 5 nitrogen and oxygen atoms in total. The summed E-state index contributed by atoms with van der Waals surface area (Å²) in [6.07, 6.45) is 1.59. The molecule has 1 amide bonds. The molecule has 1 unspecified atom stereocenters. The van der Waals surface area contributed by atoms with Gasteiger partial charge in [0.1, 0.15) is 5.56 Å². The van der Waals surface area contributed by atoms with Gasteiger partial charge in [0.15, 0.2) is 0 Å². The molecule has 0 aliphatic heterocycles. The van der Waals surface area contributed by atoms with Crippen LogP contribution >= 0.6 is 11.6 Å². The van der Waals surface area contributed by atoms with E-state index in [1.807, 2.05) is 34.9 Å². The number of benzene rings is 2. The van der Waals surface area contributed by atoms with Crippen molar-refractivity contribution in [2.45, 2.75) is 19.5 Å². The van der Waals surface area contributed by atoms with Gasteiger partial charge in [0.25, 0.3) is 5.91 Å². The van der Waals surface area contributed by atoms with Crippen molar-refractivity contribution in [1.82, 2.24) is 9.88 Å². The first kappa shape index (κ1) is 18.2. The SMILES string of the molecule is CC(N)CNC(=O)c1cn(Cc2ccccc2)c2cc(Cl)ccc2c1=O. The zero-order chi connectivity index (χ0) is 18.7. The third-order valence-corrected chi connectivity index (χ3v) is 4.30. The van der Waals surface area contributed by atoms with Crippen molar-refractivity contribution < 1.29 is 4.79 Å². The first-order chi connectivity index (χ1) is 12.5. The fourth-order valence-corrected chi connectivity index (χ4v) is 2.95. The summed E-state index contributed by atoms with van der Waals surface area (Å²) in [5, 5.41) is 3.70. The van der Waals surface area contributed by atoms with Gasteiger partial charge in [-0.2, -0.15) is 0 Å². The second-order valence-corrected chi connectivity index (χ2v) is 6.77. The topological polar surface area (TPSA) is 77.1 Å². The summed E-state index contributed by atoms with van der Waals surface area (Å²) in [5.74, 6) is -0.425. The van der Waals surface area contributed by atoms with E-state index in [2.05, 4.69) is 5.32 Å². The van der Waals surface area contributed by atoms with Gasteiger partial charge in [0.05, 0.1) is 5.52 Å². The van der Waals surface area contributed by atoms with Gasteiger partial charge < -0.3 is 15.6 Å². The van der Waals surface area contributed by atoms with Crippen molar-refractivity contribution in [2.24, 2.45) is 5.73 Å². The van der Waals surface area contributed by atoms with Gasteiger partial charge in [-0.05, 0) is 30.7 Å². The Morgan fingerprint density at radius 1 is 1.23 bits per heavy atom. The van der Waals surface area contributed by atoms with E-state index in [4.69, 9.17) is 17.3 Å². The van der Waals surface area contributed by atoms with Crippen molar-refractivity contribution in [2.75, 3.05) is 6.54 Å². The summed E-state index contributed by atoms with van der Waals surface area (Å²) < 4.78 is 1.87. The summed E-state index contributed by atoms with van der Waals surface area (Å²) >= 11 is 6.12. The minimum atomic E-state index is -0.425. The highest BCUT2D eigenvalue weighted by molar-refractivity contribution is 6.31. The first-order valence-corrected chi connectivity index (χ1v) is 8.74. The number of rotatable bonds is 5. The fraction of sp³-hybridized carbons (Fsp3) is 0.200. The molecule has 3 aromatic rings. The smallest absolute Gasteiger partial charge is 0.256 e. The van der Waals surface area contributed by atoms with Gasteiger partial charge >= 0.3 is 0 Å². The van der Waals surface area contributed by atoms with Crippen molar-refractivity contribution in [1.29, 1.82) is 0 Å². The summed E-state index contributed by atoms with van der Waals surface area (Å²) in [6.45, 7) is 2.61. The largest absolute Gasteiger partial charge is 0.350 e. The van der Waals surface area contributed by atoms with Crippen LogP contribution in [-0.2, 0) is 6.54 Å². The molecule has 0 aliphatic carbocycles. The van der Waals surface area contributed by atoms with Crippen LogP contribution in [0, 0.1) is 0 Å². The highest BCUT2D eigenvalue weighted by atomic mass is 35.5. The molecule has 0 fully saturated rings. The molecule has 0 spiro atoms. The third-order valence-electron chi connectivity index (χ3n) is 4.07. The lowest BCUT2D eigenvalue weighted by Gasteiger charge is -2.14. The number of halogens is 1. The van der Waals surface area contributed by atoms with E-state index in [1.54, 1.807) is 31.3 Å². The van der Waals surface area contributed by atoms with Gasteiger partial charge in [-0.1, -0.05) is 41.9 Å². The van der Waals surface area contributed by atoms with Gasteiger partial charge in [-0.25, -0.2) is 0 Å². The van der Waals surface area contributed by atoms with Gasteiger partial charge in [0, 0.05) is 35.7 Å². The summed E-state index contributed by atoms with van der Waals surface area (Å²) in [6, 6.07) is 14.7. The predicted octanol–water partition coefficient (Wildman–Crippen LogP) is 2.78. The highest BCUT2D eigenvalue weighted by Gasteiger charge is 2.16. The van der Waals surface area contributed by atoms with Crippen LogP contribution in [0.3, 0.4) is 0 Å². The zero-order valence-corrected chi connectivity index (χ0v) is 15.2. The molecule has 1 heterocycles. The maximum Gasteiger partial charge on any atom is 0.256 e. The average Bonchev–Trinajstić information content (AvgIpc) is 2.62. The lowest BCUT2D eigenvalue weighted by atomic mass is 10.1. The second kappa shape index (κ2) is 7.72. The number of carbonyl (C=O) groups is 1. The fourth-order valence-electron chi connectivity index (χ4n) is 2.79. The second-order valence-electron chi connectivity index (χ2n) is 6.33. The minimum absolute atomic E-state index is 0.0939. The molecule has 2 aromatic carbocycles. The molecular formula is C20H20ClN3O2. The number of hydrogen-bond acceptors (Lipinski definition) is 3. The molecule has 0 saturated carbocycles. The summed E-state index contributed by atoms with van der Waals surface area (Å²) in [5.41, 5.74) is 7.21. The monoisotopic (exact) mass is 369 g/mol. The van der Waals surface area contributed by atoms with Crippen molar-refractivity contribution >= 4 is 28.4 Å². The normalized spacial score (nSPS) is 12.1. The first-order valence-electron chi connectivity index (χ1n) is 8.36. The van der Waals surface area contributed by atoms with Crippen LogP contribution in [0.25, 0.3) is 10.9 Å². The number of pyridine rings is 1. The van der Waals surface area contributed by atoms with Crippen LogP contribution in [0.5, 0.6) is 0 Å². The van der Waals surface area contributed by atoms with E-state index in [9.17, 15) is 9.59 Å². The number of hydrogen-bond donors (Lipinski definition) is 2. The third kappa shape index (κ3) is 3.95. The number of nitrogens with two attached hydrogens (primary N) is 1. The Morgan fingerprint density at radius 2 is 1.96 bits per heavy atom. The van der Waals surface area contributed by atoms with E-state index in [1.165, 1.54) is 0 Å². The Morgan fingerprint density at radius 3 is 2.65 bits per heavy atom. The minimum Gasteiger partial charge on any atom is -0.350 e. The molecule has 6 heteroatoms. The number of amides is 1. The van der Waals surface area contributed by atoms with E-state index >= 15 is 0 Å². The molecule has 0 radical (unpaired) electrons. The van der Waals surface area contributed by atoms with E-state index in [0.717, 1.165) is 5.56 Å². The van der Waals surface area contributed by atoms with Crippen molar-refractivity contribution in [3.8, 4) is 0 Å². The predicted molar refractivity (Wildman–Crippen MR) is 105 cm³/mol. The molecule has 3 N–H and O–H groups in total. The molecule has 3 rings (SSSR count). The Bertz CT molecular complexity index is 997. The number of aromatic nitrogens is 1. The molecular weight excluding hydrogens is 350 g/mol. The summed E-state index contributed by atoms with van der Waals surface area (Å²) in [4.78, 5) is 25.3. The van der Waals surface area contributed by atoms with Crippen molar-refractivity contribution in [3.05, 3.63) is 81.1 Å². The van der Waals surface area contributed by atoms with Gasteiger partial charge in [-0.3, -0.25) is 9.59 Å². The lowest BCUT2D eigenvalue weighted by molar-refractivity contribution is 0.0950. The van der Waals surface area contributed by atoms with E-state index in [0.29, 0.717) is 29.0 Å². The lowest BCUT2D eigenvalue weighted by Crippen LogP contribution is -2.37. The molecule has 26 heavy (non-hydrogen) atoms. The summed E-state index contributed by atoms with van der Waals surface area (Å²) in [7, 11) is 0. The zero-order valence-electron chi connectivity index (χ0n) is 14.4. The number of nitrogens with zero attached hydrogens (tertiary/aromatic N) is 1. The van der Waals surface area contributed by atoms with Crippen LogP contribution in [0.15, 0.2) is 59.5 Å². The number of nitrogens with one attached hydrogen (secondary N) is 1. The van der Waals surface area contributed by atoms with Crippen LogP contribution in [0.4, 0.5) is 0 Å². The molecule has 0 saturated heterocycles. The quantitative estimate of drug-likeness (QED) is 0.726. The van der Waals surface area contributed by atoms with E-state index in [-0.39, 0.29) is 17.0 Å². The standard InChI is InChI=1S/C20H20ClN3O2/c1-13(22)10-23-20(26)17-12-24(11-14-5-3-2-4-6-14)18-9-15(21)7-8-16(18)19(17)25/h2-9,12-13H,10-11,22H2,1H3,(H,23,26). The molecule has 0 bridgehead atoms. The molecule has 1 aromatic heterocycles. The maximum absolute atomic E-state index is 12.8. The Hall–Kier alpha value is -2.63. The Kier molecular flexibility index (Phi) is 5.40. The van der Waals surface area contributed by atoms with Crippen LogP contribution in [0.2, 0.25) is 5.02 Å². The van der Waals surface area contributed by atoms with Crippen molar-refractivity contribution in [3.63, 3.8) is 0 Å². The van der Waals surface area contributed by atoms with Gasteiger partial charge in [0.2, 0.25) is 5.43 Å². The Labute approximate surface area is 156 Å². The maximum atomic E-state index is 12.8. The number of carbonyl (C=O) groups excluding carboxylic acids is 1. The average molecular weight is 370 g/mol. The van der Waals surface area contributed by atoms with Crippen LogP contribution in [0.1, 0.15) is 22.8 Å². The van der Waals surface area contributed by atoms with Crippen LogP contribution in [-0.4, -0.2) is 23.1 Å². The molecule has 1 atom stereocenters. The molecule has 134 valence electrons. The van der Waals surface area contributed by atoms with E-state index < -0.39 is 5.91 Å². The molecule has 0 aliphatic rings.